The smallest absolute Gasteiger partial charge is 0.255 e. The minimum Gasteiger partial charge on any atom is -0.390 e. The van der Waals surface area contributed by atoms with Crippen LogP contribution in [0.4, 0.5) is 14.5 Å². The molecule has 2 rings (SSSR count). The first kappa shape index (κ1) is 13.1. The highest BCUT2D eigenvalue weighted by molar-refractivity contribution is 6.04. The van der Waals surface area contributed by atoms with Crippen molar-refractivity contribution in [2.45, 2.75) is 6.61 Å². The van der Waals surface area contributed by atoms with Crippen molar-refractivity contribution in [2.75, 3.05) is 5.32 Å². The van der Waals surface area contributed by atoms with E-state index in [9.17, 15) is 13.6 Å². The fraction of sp³-hybridized carbons (Fsp3) is 0.0769. The third-order valence-corrected chi connectivity index (χ3v) is 2.42. The molecule has 6 heteroatoms. The predicted molar refractivity (Wildman–Crippen MR) is 64.5 cm³/mol. The second-order valence-corrected chi connectivity index (χ2v) is 3.77. The van der Waals surface area contributed by atoms with E-state index in [-0.39, 0.29) is 17.9 Å². The molecule has 0 saturated carbocycles. The van der Waals surface area contributed by atoms with Crippen LogP contribution in [0.3, 0.4) is 0 Å². The topological polar surface area (TPSA) is 62.2 Å². The number of aromatic nitrogens is 1. The fourth-order valence-corrected chi connectivity index (χ4v) is 1.49. The molecule has 1 heterocycles. The Hall–Kier alpha value is -2.34. The van der Waals surface area contributed by atoms with Crippen LogP contribution in [0, 0.1) is 11.6 Å². The van der Waals surface area contributed by atoms with Crippen molar-refractivity contribution < 1.29 is 18.7 Å². The minimum absolute atomic E-state index is 0.117. The summed E-state index contributed by atoms with van der Waals surface area (Å²) in [5, 5.41) is 11.2. The summed E-state index contributed by atoms with van der Waals surface area (Å²) in [5.74, 6) is -2.14. The number of amides is 1. The summed E-state index contributed by atoms with van der Waals surface area (Å²) in [4.78, 5) is 15.7. The number of nitrogens with zero attached hydrogens (tertiary/aromatic N) is 1. The average Bonchev–Trinajstić information content (AvgIpc) is 2.42. The molecule has 0 bridgehead atoms. The zero-order valence-corrected chi connectivity index (χ0v) is 9.73. The van der Waals surface area contributed by atoms with Gasteiger partial charge in [0.05, 0.1) is 18.0 Å². The number of benzene rings is 1. The van der Waals surface area contributed by atoms with E-state index in [4.69, 9.17) is 5.11 Å². The van der Waals surface area contributed by atoms with Crippen LogP contribution in [-0.4, -0.2) is 16.0 Å². The number of aliphatic hydroxyl groups is 1. The molecule has 1 amide bonds. The van der Waals surface area contributed by atoms with E-state index in [1.54, 1.807) is 0 Å². The van der Waals surface area contributed by atoms with E-state index < -0.39 is 17.5 Å². The second-order valence-electron chi connectivity index (χ2n) is 3.77. The van der Waals surface area contributed by atoms with Gasteiger partial charge in [-0.3, -0.25) is 9.78 Å². The van der Waals surface area contributed by atoms with Gasteiger partial charge in [0.15, 0.2) is 0 Å². The molecule has 0 fully saturated rings. The van der Waals surface area contributed by atoms with E-state index in [0.29, 0.717) is 11.8 Å². The number of carbonyl (C=O) groups is 1. The Kier molecular flexibility index (Phi) is 3.82. The van der Waals surface area contributed by atoms with E-state index in [2.05, 4.69) is 10.3 Å². The number of hydrogen-bond donors (Lipinski definition) is 2. The number of aliphatic hydroxyl groups excluding tert-OH is 1. The molecule has 0 atom stereocenters. The van der Waals surface area contributed by atoms with Crippen molar-refractivity contribution in [3.63, 3.8) is 0 Å². The Balaban J connectivity index is 2.20. The summed E-state index contributed by atoms with van der Waals surface area (Å²) >= 11 is 0. The number of halogens is 2. The van der Waals surface area contributed by atoms with Crippen molar-refractivity contribution in [3.05, 3.63) is 59.4 Å². The summed E-state index contributed by atoms with van der Waals surface area (Å²) in [5.41, 5.74) is 0.434. The largest absolute Gasteiger partial charge is 0.390 e. The number of rotatable bonds is 3. The average molecular weight is 264 g/mol. The summed E-state index contributed by atoms with van der Waals surface area (Å²) in [6.45, 7) is -0.300. The van der Waals surface area contributed by atoms with Crippen molar-refractivity contribution in [1.29, 1.82) is 0 Å². The van der Waals surface area contributed by atoms with Gasteiger partial charge in [-0.15, -0.1) is 0 Å². The highest BCUT2D eigenvalue weighted by atomic mass is 19.1. The van der Waals surface area contributed by atoms with Gasteiger partial charge in [0.2, 0.25) is 0 Å². The van der Waals surface area contributed by atoms with Crippen LogP contribution in [0.25, 0.3) is 0 Å². The quantitative estimate of drug-likeness (QED) is 0.892. The van der Waals surface area contributed by atoms with Gasteiger partial charge in [0.25, 0.3) is 5.91 Å². The SMILES string of the molecule is O=C(Nc1ccc(F)cc1F)c1ccnc(CO)c1. The summed E-state index contributed by atoms with van der Waals surface area (Å²) in [6.07, 6.45) is 1.36. The summed E-state index contributed by atoms with van der Waals surface area (Å²) < 4.78 is 26.1. The Morgan fingerprint density at radius 2 is 2.05 bits per heavy atom. The lowest BCUT2D eigenvalue weighted by Gasteiger charge is -2.07. The lowest BCUT2D eigenvalue weighted by molar-refractivity contribution is 0.102. The molecule has 1 aromatic carbocycles. The molecule has 0 spiro atoms. The van der Waals surface area contributed by atoms with Crippen molar-refractivity contribution in [1.82, 2.24) is 4.98 Å². The molecule has 19 heavy (non-hydrogen) atoms. The van der Waals surface area contributed by atoms with Gasteiger partial charge in [-0.1, -0.05) is 0 Å². The van der Waals surface area contributed by atoms with Gasteiger partial charge in [0, 0.05) is 17.8 Å². The van der Waals surface area contributed by atoms with Gasteiger partial charge < -0.3 is 10.4 Å². The molecular weight excluding hydrogens is 254 g/mol. The number of nitrogens with one attached hydrogen (secondary N) is 1. The van der Waals surface area contributed by atoms with Crippen molar-refractivity contribution in [3.8, 4) is 0 Å². The molecule has 1 aromatic heterocycles. The highest BCUT2D eigenvalue weighted by Gasteiger charge is 2.10. The molecule has 0 aliphatic rings. The van der Waals surface area contributed by atoms with Crippen LogP contribution in [0.15, 0.2) is 36.5 Å². The van der Waals surface area contributed by atoms with Crippen LogP contribution >= 0.6 is 0 Å². The van der Waals surface area contributed by atoms with Crippen molar-refractivity contribution >= 4 is 11.6 Å². The van der Waals surface area contributed by atoms with Crippen LogP contribution in [0.2, 0.25) is 0 Å². The monoisotopic (exact) mass is 264 g/mol. The van der Waals surface area contributed by atoms with E-state index >= 15 is 0 Å². The lowest BCUT2D eigenvalue weighted by atomic mass is 10.2. The van der Waals surface area contributed by atoms with Gasteiger partial charge in [-0.05, 0) is 24.3 Å². The molecule has 2 aromatic rings. The Morgan fingerprint density at radius 1 is 1.26 bits per heavy atom. The maximum Gasteiger partial charge on any atom is 0.255 e. The predicted octanol–water partition coefficient (Wildman–Crippen LogP) is 2.10. The molecule has 0 saturated heterocycles. The summed E-state index contributed by atoms with van der Waals surface area (Å²) in [7, 11) is 0. The third kappa shape index (κ3) is 3.11. The first-order valence-corrected chi connectivity index (χ1v) is 5.42. The second kappa shape index (κ2) is 5.53. The van der Waals surface area contributed by atoms with Gasteiger partial charge >= 0.3 is 0 Å². The van der Waals surface area contributed by atoms with E-state index in [1.807, 2.05) is 0 Å². The molecule has 98 valence electrons. The Morgan fingerprint density at radius 3 is 2.74 bits per heavy atom. The van der Waals surface area contributed by atoms with Gasteiger partial charge in [-0.2, -0.15) is 0 Å². The van der Waals surface area contributed by atoms with Crippen LogP contribution in [-0.2, 0) is 6.61 Å². The van der Waals surface area contributed by atoms with Gasteiger partial charge in [-0.25, -0.2) is 8.78 Å². The van der Waals surface area contributed by atoms with Crippen LogP contribution < -0.4 is 5.32 Å². The first-order valence-electron chi connectivity index (χ1n) is 5.42. The standard InChI is InChI=1S/C13H10F2N2O2/c14-9-1-2-12(11(15)6-9)17-13(19)8-3-4-16-10(5-8)7-18/h1-6,18H,7H2,(H,17,19). The lowest BCUT2D eigenvalue weighted by Crippen LogP contribution is -2.13. The minimum atomic E-state index is -0.857. The maximum atomic E-state index is 13.4. The molecule has 4 nitrogen and oxygen atoms in total. The van der Waals surface area contributed by atoms with E-state index in [1.165, 1.54) is 18.3 Å². The van der Waals surface area contributed by atoms with Crippen LogP contribution in [0.1, 0.15) is 16.1 Å². The number of carbonyl (C=O) groups excluding carboxylic acids is 1. The van der Waals surface area contributed by atoms with Gasteiger partial charge in [0.1, 0.15) is 11.6 Å². The molecule has 0 unspecified atom stereocenters. The molecular formula is C13H10F2N2O2. The molecule has 0 radical (unpaired) electrons. The zero-order valence-electron chi connectivity index (χ0n) is 9.73. The number of hydrogen-bond acceptors (Lipinski definition) is 3. The molecule has 2 N–H and O–H groups in total. The van der Waals surface area contributed by atoms with E-state index in [0.717, 1.165) is 12.1 Å². The molecule has 0 aliphatic heterocycles. The van der Waals surface area contributed by atoms with Crippen molar-refractivity contribution in [2.24, 2.45) is 0 Å². The normalized spacial score (nSPS) is 10.3. The number of pyridine rings is 1. The summed E-state index contributed by atoms with van der Waals surface area (Å²) in [6, 6.07) is 5.68. The molecule has 0 aliphatic carbocycles. The number of anilines is 1. The maximum absolute atomic E-state index is 13.4. The first-order chi connectivity index (χ1) is 9.10. The third-order valence-electron chi connectivity index (χ3n) is 2.42. The highest BCUT2D eigenvalue weighted by Crippen LogP contribution is 2.16. The van der Waals surface area contributed by atoms with Crippen LogP contribution in [0.5, 0.6) is 0 Å². The zero-order chi connectivity index (χ0) is 13.8. The Bertz CT molecular complexity index is 617. The Labute approximate surface area is 107 Å². The fourth-order valence-electron chi connectivity index (χ4n) is 1.49.